The second-order valence-electron chi connectivity index (χ2n) is 9.95. The van der Waals surface area contributed by atoms with Crippen LogP contribution in [0.2, 0.25) is 5.02 Å². The molecule has 6 rings (SSSR count). The van der Waals surface area contributed by atoms with Crippen molar-refractivity contribution in [3.05, 3.63) is 59.6 Å². The zero-order valence-electron chi connectivity index (χ0n) is 22.3. The molecule has 5 aromatic rings. The molecular weight excluding hydrogens is 567 g/mol. The van der Waals surface area contributed by atoms with Gasteiger partial charge in [0.2, 0.25) is 11.8 Å². The first-order valence-corrected chi connectivity index (χ1v) is 14.8. The molecule has 41 heavy (non-hydrogen) atoms. The standard InChI is InChI=1S/C28H28ClN6O5P/c1-15(27(36)37)32-26-22(40-21-8-7-20(29)18-5-3-4-6-19(18)21)9-10-41(26)39-13-16-11-17(12-16)35-14-31-23-24(35)33-28(30)34-25(23)38-2/h3-10,14-17,32H,11-13H2,1-2H3,(H,36,37)(H2,30,33,34)/t15-,16?,17?,41?/m0/s1. The van der Waals surface area contributed by atoms with Crippen molar-refractivity contribution >= 4 is 58.6 Å². The van der Waals surface area contributed by atoms with Crippen molar-refractivity contribution in [1.29, 1.82) is 0 Å². The van der Waals surface area contributed by atoms with E-state index in [1.165, 1.54) is 7.11 Å². The Balaban J connectivity index is 1.18. The number of hydrogen-bond donors (Lipinski definition) is 3. The number of imidazole rings is 1. The van der Waals surface area contributed by atoms with Gasteiger partial charge in [0.05, 0.1) is 20.0 Å². The number of nitrogens with two attached hydrogens (primary N) is 1. The van der Waals surface area contributed by atoms with Crippen LogP contribution in [-0.4, -0.2) is 50.4 Å². The molecule has 0 bridgehead atoms. The van der Waals surface area contributed by atoms with E-state index in [0.717, 1.165) is 23.6 Å². The maximum atomic E-state index is 11.7. The van der Waals surface area contributed by atoms with E-state index in [2.05, 4.69) is 20.3 Å². The lowest BCUT2D eigenvalue weighted by Gasteiger charge is -2.36. The van der Waals surface area contributed by atoms with E-state index < -0.39 is 19.8 Å². The van der Waals surface area contributed by atoms with E-state index in [0.29, 0.717) is 51.5 Å². The third kappa shape index (κ3) is 5.24. The lowest BCUT2D eigenvalue weighted by Crippen LogP contribution is -2.30. The molecule has 0 aliphatic heterocycles. The van der Waals surface area contributed by atoms with Gasteiger partial charge in [-0.3, -0.25) is 4.79 Å². The number of nitrogen functional groups attached to an aromatic ring is 1. The quantitative estimate of drug-likeness (QED) is 0.177. The molecule has 1 unspecified atom stereocenters. The number of carboxylic acid groups (broad SMARTS) is 1. The minimum Gasteiger partial charge on any atom is -0.480 e. The maximum absolute atomic E-state index is 11.7. The van der Waals surface area contributed by atoms with Gasteiger partial charge in [0.15, 0.2) is 16.9 Å². The van der Waals surface area contributed by atoms with Crippen LogP contribution in [0.15, 0.2) is 54.6 Å². The third-order valence-corrected chi connectivity index (χ3v) is 9.21. The SMILES string of the molecule is COc1nc(N)nc2c1ncn2C1CC(COp2ccc(Oc3ccc(Cl)c4ccccc34)c2N[C@@H](C)C(=O)O)C1. The summed E-state index contributed by atoms with van der Waals surface area (Å²) < 4.78 is 20.0. The van der Waals surface area contributed by atoms with Gasteiger partial charge >= 0.3 is 5.97 Å². The third-order valence-electron chi connectivity index (χ3n) is 7.24. The smallest absolute Gasteiger partial charge is 0.325 e. The molecule has 2 aromatic carbocycles. The van der Waals surface area contributed by atoms with Crippen LogP contribution in [0.4, 0.5) is 11.4 Å². The number of carbonyl (C=O) groups is 1. The number of halogens is 1. The fraction of sp³-hybridized carbons (Fsp3) is 0.286. The number of nitrogens with one attached hydrogen (secondary N) is 1. The van der Waals surface area contributed by atoms with E-state index in [-0.39, 0.29) is 12.0 Å². The number of hydrogen-bond acceptors (Lipinski definition) is 9. The number of aliphatic carboxylic acids is 1. The van der Waals surface area contributed by atoms with Gasteiger partial charge < -0.3 is 34.7 Å². The fourth-order valence-corrected chi connectivity index (χ4v) is 6.89. The zero-order chi connectivity index (χ0) is 28.7. The molecule has 0 saturated heterocycles. The average molecular weight is 595 g/mol. The number of nitrogens with zero attached hydrogens (tertiary/aromatic N) is 4. The first-order chi connectivity index (χ1) is 19.8. The van der Waals surface area contributed by atoms with Crippen molar-refractivity contribution in [1.82, 2.24) is 19.5 Å². The molecule has 212 valence electrons. The number of ether oxygens (including phenoxy) is 2. The summed E-state index contributed by atoms with van der Waals surface area (Å²) in [6, 6.07) is 12.5. The molecule has 11 nitrogen and oxygen atoms in total. The molecule has 1 fully saturated rings. The molecule has 0 radical (unpaired) electrons. The summed E-state index contributed by atoms with van der Waals surface area (Å²) in [7, 11) is 0.274. The van der Waals surface area contributed by atoms with Gasteiger partial charge in [0.1, 0.15) is 17.2 Å². The summed E-state index contributed by atoms with van der Waals surface area (Å²) in [5, 5.41) is 15.0. The Labute approximate surface area is 241 Å². The summed E-state index contributed by atoms with van der Waals surface area (Å²) in [6.07, 6.45) is 3.50. The van der Waals surface area contributed by atoms with Crippen LogP contribution in [0.25, 0.3) is 21.9 Å². The largest absolute Gasteiger partial charge is 0.480 e. The number of carboxylic acids is 1. The number of rotatable bonds is 10. The van der Waals surface area contributed by atoms with Crippen LogP contribution in [0.5, 0.6) is 17.4 Å². The van der Waals surface area contributed by atoms with Crippen LogP contribution in [0, 0.1) is 5.92 Å². The molecule has 1 aliphatic carbocycles. The number of aromatic nitrogens is 4. The Hall–Kier alpha value is -4.05. The second-order valence-corrected chi connectivity index (χ2v) is 12.0. The topological polar surface area (TPSA) is 147 Å². The first kappa shape index (κ1) is 27.1. The molecule has 2 atom stereocenters. The molecular formula is C28H28ClN6O5P. The van der Waals surface area contributed by atoms with Crippen LogP contribution in [0.1, 0.15) is 25.8 Å². The van der Waals surface area contributed by atoms with Crippen molar-refractivity contribution in [2.45, 2.75) is 31.8 Å². The minimum atomic E-state index is -1.25. The Morgan fingerprint density at radius 2 is 1.98 bits per heavy atom. The molecule has 13 heteroatoms. The van der Waals surface area contributed by atoms with Crippen molar-refractivity contribution in [2.75, 3.05) is 24.8 Å². The van der Waals surface area contributed by atoms with Gasteiger partial charge in [0.25, 0.3) is 0 Å². The predicted molar refractivity (Wildman–Crippen MR) is 158 cm³/mol. The highest BCUT2D eigenvalue weighted by Gasteiger charge is 2.33. The summed E-state index contributed by atoms with van der Waals surface area (Å²) in [5.41, 5.74) is 7.72. The Morgan fingerprint density at radius 3 is 2.73 bits per heavy atom. The highest BCUT2D eigenvalue weighted by molar-refractivity contribution is 7.48. The molecule has 1 aliphatic rings. The Bertz CT molecular complexity index is 1750. The molecule has 1 saturated carbocycles. The van der Waals surface area contributed by atoms with Gasteiger partial charge in [0, 0.05) is 29.6 Å². The van der Waals surface area contributed by atoms with Gasteiger partial charge in [-0.1, -0.05) is 35.9 Å². The molecule has 0 spiro atoms. The van der Waals surface area contributed by atoms with E-state index >= 15 is 0 Å². The summed E-state index contributed by atoms with van der Waals surface area (Å²) in [4.78, 5) is 24.6. The Morgan fingerprint density at radius 1 is 1.20 bits per heavy atom. The van der Waals surface area contributed by atoms with Crippen molar-refractivity contribution in [3.63, 3.8) is 0 Å². The molecule has 4 N–H and O–H groups in total. The van der Waals surface area contributed by atoms with Gasteiger partial charge in [-0.15, -0.1) is 0 Å². The molecule has 3 heterocycles. The monoisotopic (exact) mass is 594 g/mol. The maximum Gasteiger partial charge on any atom is 0.325 e. The zero-order valence-corrected chi connectivity index (χ0v) is 24.0. The van der Waals surface area contributed by atoms with Crippen molar-refractivity contribution < 1.29 is 23.9 Å². The molecule has 3 aromatic heterocycles. The second kappa shape index (κ2) is 11.1. The average Bonchev–Trinajstić information content (AvgIpc) is 3.52. The lowest BCUT2D eigenvalue weighted by molar-refractivity contribution is -0.137. The number of anilines is 2. The molecule has 0 amide bonds. The number of benzene rings is 2. The minimum absolute atomic E-state index is 0.137. The summed E-state index contributed by atoms with van der Waals surface area (Å²) >= 11 is 6.38. The van der Waals surface area contributed by atoms with Crippen LogP contribution in [-0.2, 0) is 4.79 Å². The van der Waals surface area contributed by atoms with E-state index in [1.54, 1.807) is 19.3 Å². The Kier molecular flexibility index (Phi) is 7.33. The highest BCUT2D eigenvalue weighted by Crippen LogP contribution is 2.49. The lowest BCUT2D eigenvalue weighted by atomic mass is 9.81. The number of fused-ring (bicyclic) bond motifs is 2. The summed E-state index contributed by atoms with van der Waals surface area (Å²) in [5.74, 6) is 2.93. The predicted octanol–water partition coefficient (Wildman–Crippen LogP) is 5.97. The fourth-order valence-electron chi connectivity index (χ4n) is 5.00. The van der Waals surface area contributed by atoms with Gasteiger partial charge in [-0.25, -0.2) is 4.98 Å². The van der Waals surface area contributed by atoms with E-state index in [9.17, 15) is 9.90 Å². The van der Waals surface area contributed by atoms with Crippen molar-refractivity contribution in [2.24, 2.45) is 5.92 Å². The van der Waals surface area contributed by atoms with E-state index in [1.807, 2.05) is 46.8 Å². The highest BCUT2D eigenvalue weighted by atomic mass is 35.5. The number of methoxy groups -OCH3 is 1. The van der Waals surface area contributed by atoms with Crippen molar-refractivity contribution in [3.8, 4) is 17.4 Å². The van der Waals surface area contributed by atoms with Crippen LogP contribution < -0.4 is 25.0 Å². The van der Waals surface area contributed by atoms with Crippen LogP contribution >= 0.6 is 19.4 Å². The first-order valence-electron chi connectivity index (χ1n) is 13.1. The normalized spacial score (nSPS) is 17.8. The van der Waals surface area contributed by atoms with Crippen LogP contribution in [0.3, 0.4) is 0 Å². The summed E-state index contributed by atoms with van der Waals surface area (Å²) in [6.45, 7) is 2.11. The van der Waals surface area contributed by atoms with Gasteiger partial charge in [-0.05, 0) is 49.7 Å². The van der Waals surface area contributed by atoms with Gasteiger partial charge in [-0.2, -0.15) is 9.97 Å². The van der Waals surface area contributed by atoms with E-state index in [4.69, 9.17) is 31.3 Å².